The third-order valence-corrected chi connectivity index (χ3v) is 4.75. The minimum atomic E-state index is -0.950. The van der Waals surface area contributed by atoms with E-state index in [0.717, 1.165) is 0 Å². The van der Waals surface area contributed by atoms with E-state index < -0.39 is 21.6 Å². The molecule has 0 bridgehead atoms. The first-order valence-electron chi connectivity index (χ1n) is 4.92. The molecule has 0 saturated heterocycles. The highest BCUT2D eigenvalue weighted by molar-refractivity contribution is 6.44. The first-order valence-corrected chi connectivity index (χ1v) is 5.79. The van der Waals surface area contributed by atoms with Crippen LogP contribution in [0.25, 0.3) is 0 Å². The topological polar surface area (TPSA) is 57.5 Å². The Morgan fingerprint density at radius 2 is 2.07 bits per heavy atom. The van der Waals surface area contributed by atoms with E-state index in [1.165, 1.54) is 0 Å². The number of carboxylic acid groups (broad SMARTS) is 1. The van der Waals surface area contributed by atoms with Crippen molar-refractivity contribution < 1.29 is 15.0 Å². The van der Waals surface area contributed by atoms with Crippen LogP contribution in [0.5, 0.6) is 0 Å². The highest BCUT2D eigenvalue weighted by Gasteiger charge is 2.60. The average Bonchev–Trinajstić information content (AvgIpc) is 2.42. The Kier molecular flexibility index (Phi) is 3.59. The molecule has 0 aromatic carbocycles. The maximum absolute atomic E-state index is 11.3. The van der Waals surface area contributed by atoms with Gasteiger partial charge in [0.25, 0.3) is 0 Å². The molecule has 0 spiro atoms. The molecule has 0 radical (unpaired) electrons. The number of hydrogen-bond donors (Lipinski definition) is 2. The number of halogens is 2. The fraction of sp³-hybridized carbons (Fsp3) is 0.900. The normalized spacial score (nSPS) is 41.1. The van der Waals surface area contributed by atoms with Crippen LogP contribution in [0.2, 0.25) is 0 Å². The predicted molar refractivity (Wildman–Crippen MR) is 59.2 cm³/mol. The summed E-state index contributed by atoms with van der Waals surface area (Å²) in [5.74, 6) is -1.07. The van der Waals surface area contributed by atoms with E-state index in [1.807, 2.05) is 0 Å². The Balaban J connectivity index is 3.11. The summed E-state index contributed by atoms with van der Waals surface area (Å²) in [6.45, 7) is 3.19. The fourth-order valence-corrected chi connectivity index (χ4v) is 3.31. The molecule has 5 heteroatoms. The summed E-state index contributed by atoms with van der Waals surface area (Å²) in [6.07, 6.45) is 1.14. The quantitative estimate of drug-likeness (QED) is 0.760. The third-order valence-electron chi connectivity index (χ3n) is 4.14. The van der Waals surface area contributed by atoms with Gasteiger partial charge in [-0.2, -0.15) is 0 Å². The summed E-state index contributed by atoms with van der Waals surface area (Å²) in [5, 5.41) is 18.7. The smallest absolute Gasteiger partial charge is 0.310 e. The molecule has 0 aliphatic heterocycles. The second-order valence-electron chi connectivity index (χ2n) is 4.69. The second kappa shape index (κ2) is 4.11. The Labute approximate surface area is 99.4 Å². The van der Waals surface area contributed by atoms with Gasteiger partial charge in [0.1, 0.15) is 4.84 Å². The molecule has 3 atom stereocenters. The van der Waals surface area contributed by atoms with Crippen molar-refractivity contribution in [2.45, 2.75) is 31.5 Å². The lowest BCUT2D eigenvalue weighted by molar-refractivity contribution is -0.157. The van der Waals surface area contributed by atoms with Gasteiger partial charge in [-0.25, -0.2) is 0 Å². The van der Waals surface area contributed by atoms with Gasteiger partial charge in [0, 0.05) is 12.0 Å². The Morgan fingerprint density at radius 3 is 2.40 bits per heavy atom. The highest BCUT2D eigenvalue weighted by Crippen LogP contribution is 2.58. The molecule has 1 fully saturated rings. The second-order valence-corrected chi connectivity index (χ2v) is 5.86. The van der Waals surface area contributed by atoms with Gasteiger partial charge >= 0.3 is 5.97 Å². The first-order chi connectivity index (χ1) is 6.79. The highest BCUT2D eigenvalue weighted by atomic mass is 35.5. The van der Waals surface area contributed by atoms with Crippen molar-refractivity contribution in [3.63, 3.8) is 0 Å². The summed E-state index contributed by atoms with van der Waals surface area (Å²) in [6, 6.07) is 0. The molecule has 0 aromatic heterocycles. The molecule has 1 aliphatic carbocycles. The third kappa shape index (κ3) is 1.75. The lowest BCUT2D eigenvalue weighted by Gasteiger charge is -2.40. The van der Waals surface area contributed by atoms with Crippen LogP contribution in [0, 0.1) is 16.7 Å². The zero-order valence-corrected chi connectivity index (χ0v) is 10.3. The number of alkyl halides is 2. The van der Waals surface area contributed by atoms with Crippen LogP contribution in [0.15, 0.2) is 0 Å². The molecule has 0 heterocycles. The van der Waals surface area contributed by atoms with Gasteiger partial charge in [-0.1, -0.05) is 6.92 Å². The maximum Gasteiger partial charge on any atom is 0.310 e. The van der Waals surface area contributed by atoms with Gasteiger partial charge in [0.2, 0.25) is 0 Å². The average molecular weight is 255 g/mol. The molecule has 0 amide bonds. The van der Waals surface area contributed by atoms with Crippen LogP contribution in [0.4, 0.5) is 0 Å². The molecular formula is C10H16Cl2O3. The largest absolute Gasteiger partial charge is 0.481 e. The Morgan fingerprint density at radius 1 is 1.53 bits per heavy atom. The van der Waals surface area contributed by atoms with Crippen LogP contribution >= 0.6 is 23.2 Å². The number of rotatable bonds is 3. The zero-order valence-electron chi connectivity index (χ0n) is 8.83. The van der Waals surface area contributed by atoms with E-state index in [-0.39, 0.29) is 12.5 Å². The monoisotopic (exact) mass is 254 g/mol. The predicted octanol–water partition coefficient (Wildman–Crippen LogP) is 2.29. The number of aliphatic hydroxyl groups excluding tert-OH is 1. The lowest BCUT2D eigenvalue weighted by atomic mass is 9.65. The van der Waals surface area contributed by atoms with Gasteiger partial charge in [-0.15, -0.1) is 23.2 Å². The fourth-order valence-electron chi connectivity index (χ4n) is 2.50. The molecule has 88 valence electrons. The first kappa shape index (κ1) is 13.1. The molecular weight excluding hydrogens is 239 g/mol. The summed E-state index contributed by atoms with van der Waals surface area (Å²) in [5.41, 5.74) is -1.71. The standard InChI is InChI=1S/C10H16Cl2O3/c1-9(8(14)15)4-3-6(7(11)12)10(9,2)5-13/h6-7,13H,3-5H2,1-2H3,(H,14,15)/t6-,9+,10-/m0/s1. The van der Waals surface area contributed by atoms with E-state index >= 15 is 0 Å². The van der Waals surface area contributed by atoms with E-state index in [9.17, 15) is 15.0 Å². The lowest BCUT2D eigenvalue weighted by Crippen LogP contribution is -2.46. The van der Waals surface area contributed by atoms with Crippen LogP contribution in [0.3, 0.4) is 0 Å². The molecule has 1 aliphatic rings. The van der Waals surface area contributed by atoms with Gasteiger partial charge in [0.05, 0.1) is 5.41 Å². The van der Waals surface area contributed by atoms with Crippen molar-refractivity contribution in [2.75, 3.05) is 6.61 Å². The van der Waals surface area contributed by atoms with Crippen molar-refractivity contribution in [1.82, 2.24) is 0 Å². The van der Waals surface area contributed by atoms with Crippen LogP contribution in [-0.4, -0.2) is 27.6 Å². The van der Waals surface area contributed by atoms with Crippen molar-refractivity contribution in [2.24, 2.45) is 16.7 Å². The van der Waals surface area contributed by atoms with E-state index in [1.54, 1.807) is 13.8 Å². The molecule has 0 aromatic rings. The molecule has 0 unspecified atom stereocenters. The van der Waals surface area contributed by atoms with Crippen molar-refractivity contribution in [3.8, 4) is 0 Å². The number of hydrogen-bond acceptors (Lipinski definition) is 2. The minimum Gasteiger partial charge on any atom is -0.481 e. The Hall–Kier alpha value is 0.01000. The molecule has 2 N–H and O–H groups in total. The summed E-state index contributed by atoms with van der Waals surface area (Å²) >= 11 is 11.7. The summed E-state index contributed by atoms with van der Waals surface area (Å²) in [4.78, 5) is 10.6. The van der Waals surface area contributed by atoms with Crippen LogP contribution in [0.1, 0.15) is 26.7 Å². The molecule has 1 rings (SSSR count). The summed E-state index contributed by atoms with van der Waals surface area (Å²) < 4.78 is 0. The van der Waals surface area contributed by atoms with Gasteiger partial charge in [0.15, 0.2) is 0 Å². The number of aliphatic carboxylic acids is 1. The molecule has 1 saturated carbocycles. The number of carboxylic acids is 1. The number of aliphatic hydroxyl groups is 1. The van der Waals surface area contributed by atoms with Gasteiger partial charge in [-0.05, 0) is 25.7 Å². The zero-order chi connectivity index (χ0) is 11.9. The van der Waals surface area contributed by atoms with Crippen molar-refractivity contribution in [3.05, 3.63) is 0 Å². The molecule has 3 nitrogen and oxygen atoms in total. The number of carbonyl (C=O) groups is 1. The van der Waals surface area contributed by atoms with Crippen molar-refractivity contribution >= 4 is 29.2 Å². The minimum absolute atomic E-state index is 0.174. The maximum atomic E-state index is 11.3. The van der Waals surface area contributed by atoms with E-state index in [2.05, 4.69) is 0 Å². The Bertz CT molecular complexity index is 269. The van der Waals surface area contributed by atoms with Gasteiger partial charge in [-0.3, -0.25) is 4.79 Å². The van der Waals surface area contributed by atoms with Gasteiger partial charge < -0.3 is 10.2 Å². The van der Waals surface area contributed by atoms with Crippen LogP contribution in [-0.2, 0) is 4.79 Å². The van der Waals surface area contributed by atoms with E-state index in [4.69, 9.17) is 23.2 Å². The van der Waals surface area contributed by atoms with E-state index in [0.29, 0.717) is 12.8 Å². The molecule has 15 heavy (non-hydrogen) atoms. The summed E-state index contributed by atoms with van der Waals surface area (Å²) in [7, 11) is 0. The SMILES string of the molecule is C[C@]1(CO)[C@H](C(Cl)Cl)CC[C@]1(C)C(=O)O. The van der Waals surface area contributed by atoms with Crippen LogP contribution < -0.4 is 0 Å². The van der Waals surface area contributed by atoms with Crippen molar-refractivity contribution in [1.29, 1.82) is 0 Å².